The van der Waals surface area contributed by atoms with Gasteiger partial charge in [0.2, 0.25) is 0 Å². The predicted molar refractivity (Wildman–Crippen MR) is 79.4 cm³/mol. The molecule has 0 spiro atoms. The first-order valence-corrected chi connectivity index (χ1v) is 7.41. The molecule has 0 saturated heterocycles. The first-order chi connectivity index (χ1) is 8.65. The zero-order chi connectivity index (χ0) is 13.4. The minimum atomic E-state index is 0.620. The van der Waals surface area contributed by atoms with E-state index >= 15 is 0 Å². The zero-order valence-corrected chi connectivity index (χ0v) is 12.6. The molecule has 5 heteroatoms. The molecule has 1 heterocycles. The van der Waals surface area contributed by atoms with Gasteiger partial charge in [0, 0.05) is 31.9 Å². The van der Waals surface area contributed by atoms with Gasteiger partial charge >= 0.3 is 0 Å². The second kappa shape index (κ2) is 8.08. The maximum Gasteiger partial charge on any atom is 0.190 e. The summed E-state index contributed by atoms with van der Waals surface area (Å²) < 4.78 is 0. The van der Waals surface area contributed by atoms with Gasteiger partial charge in [-0.05, 0) is 12.3 Å². The van der Waals surface area contributed by atoms with E-state index in [1.807, 2.05) is 0 Å². The number of thiazole rings is 1. The molecule has 4 nitrogen and oxygen atoms in total. The summed E-state index contributed by atoms with van der Waals surface area (Å²) in [6.07, 6.45) is 1.97. The molecule has 2 N–H and O–H groups in total. The number of aryl methyl sites for hydroxylation is 1. The second-order valence-electron chi connectivity index (χ2n) is 4.61. The van der Waals surface area contributed by atoms with Crippen molar-refractivity contribution >= 4 is 17.3 Å². The van der Waals surface area contributed by atoms with E-state index in [0.717, 1.165) is 31.9 Å². The molecule has 0 unspecified atom stereocenters. The van der Waals surface area contributed by atoms with Crippen molar-refractivity contribution in [1.29, 1.82) is 0 Å². The summed E-state index contributed by atoms with van der Waals surface area (Å²) in [6, 6.07) is 0. The van der Waals surface area contributed by atoms with E-state index in [2.05, 4.69) is 46.8 Å². The number of aromatic nitrogens is 1. The molecule has 0 saturated carbocycles. The number of hydrogen-bond donors (Lipinski definition) is 2. The first kappa shape index (κ1) is 15.0. The Bertz CT molecular complexity index is 371. The van der Waals surface area contributed by atoms with E-state index in [4.69, 9.17) is 0 Å². The molecule has 18 heavy (non-hydrogen) atoms. The van der Waals surface area contributed by atoms with E-state index in [9.17, 15) is 0 Å². The van der Waals surface area contributed by atoms with Crippen LogP contribution in [0.5, 0.6) is 0 Å². The van der Waals surface area contributed by atoms with Gasteiger partial charge in [-0.25, -0.2) is 4.98 Å². The maximum absolute atomic E-state index is 4.54. The van der Waals surface area contributed by atoms with Crippen LogP contribution in [0.25, 0.3) is 0 Å². The lowest BCUT2D eigenvalue weighted by molar-refractivity contribution is 0.614. The zero-order valence-electron chi connectivity index (χ0n) is 11.8. The summed E-state index contributed by atoms with van der Waals surface area (Å²) in [5, 5.41) is 9.96. The fraction of sp³-hybridized carbons (Fsp3) is 0.692. The van der Waals surface area contributed by atoms with Crippen molar-refractivity contribution in [3.8, 4) is 0 Å². The number of nitrogens with zero attached hydrogens (tertiary/aromatic N) is 2. The molecule has 1 rings (SSSR count). The lowest BCUT2D eigenvalue weighted by Gasteiger charge is -2.12. The van der Waals surface area contributed by atoms with Crippen molar-refractivity contribution in [2.45, 2.75) is 33.6 Å². The summed E-state index contributed by atoms with van der Waals surface area (Å²) in [7, 11) is 1.80. The van der Waals surface area contributed by atoms with E-state index in [1.165, 1.54) is 10.7 Å². The molecule has 0 amide bonds. The standard InChI is InChI=1S/C13H24N4S/c1-5-12-17-11(9-18-12)6-7-15-13(14-4)16-8-10(2)3/h9-10H,5-8H2,1-4H3,(H2,14,15,16). The molecule has 1 aromatic heterocycles. The van der Waals surface area contributed by atoms with Crippen LogP contribution in [0.4, 0.5) is 0 Å². The molecule has 0 atom stereocenters. The Labute approximate surface area is 114 Å². The Morgan fingerprint density at radius 3 is 2.78 bits per heavy atom. The second-order valence-corrected chi connectivity index (χ2v) is 5.55. The number of hydrogen-bond acceptors (Lipinski definition) is 3. The molecule has 1 aromatic rings. The molecular formula is C13H24N4S. The van der Waals surface area contributed by atoms with Gasteiger partial charge in [0.05, 0.1) is 10.7 Å². The number of aliphatic imine (C=N–C) groups is 1. The fourth-order valence-electron chi connectivity index (χ4n) is 1.46. The van der Waals surface area contributed by atoms with Crippen LogP contribution >= 0.6 is 11.3 Å². The number of rotatable bonds is 6. The third-order valence-electron chi connectivity index (χ3n) is 2.48. The highest BCUT2D eigenvalue weighted by atomic mass is 32.1. The molecule has 0 aliphatic rings. The highest BCUT2D eigenvalue weighted by Gasteiger charge is 2.02. The Kier molecular flexibility index (Phi) is 6.72. The molecule has 0 fully saturated rings. The van der Waals surface area contributed by atoms with Gasteiger partial charge in [-0.15, -0.1) is 11.3 Å². The molecule has 0 bridgehead atoms. The normalized spacial score (nSPS) is 11.9. The molecule has 0 aromatic carbocycles. The van der Waals surface area contributed by atoms with Crippen molar-refractivity contribution in [1.82, 2.24) is 15.6 Å². The Morgan fingerprint density at radius 2 is 2.22 bits per heavy atom. The summed E-state index contributed by atoms with van der Waals surface area (Å²) in [4.78, 5) is 8.73. The average molecular weight is 268 g/mol. The van der Waals surface area contributed by atoms with Crippen LogP contribution in [0.15, 0.2) is 10.4 Å². The predicted octanol–water partition coefficient (Wildman–Crippen LogP) is 2.07. The van der Waals surface area contributed by atoms with Crippen LogP contribution in [0.1, 0.15) is 31.5 Å². The van der Waals surface area contributed by atoms with Gasteiger partial charge in [-0.2, -0.15) is 0 Å². The van der Waals surface area contributed by atoms with Gasteiger partial charge in [0.1, 0.15) is 0 Å². The lowest BCUT2D eigenvalue weighted by atomic mass is 10.2. The van der Waals surface area contributed by atoms with Gasteiger partial charge in [-0.3, -0.25) is 4.99 Å². The Hall–Kier alpha value is -1.10. The number of guanidine groups is 1. The maximum atomic E-state index is 4.54. The summed E-state index contributed by atoms with van der Waals surface area (Å²) in [5.74, 6) is 1.49. The SMILES string of the molecule is CCc1nc(CCNC(=NC)NCC(C)C)cs1. The highest BCUT2D eigenvalue weighted by molar-refractivity contribution is 7.09. The van der Waals surface area contributed by atoms with Crippen LogP contribution in [0.2, 0.25) is 0 Å². The number of nitrogens with one attached hydrogen (secondary N) is 2. The van der Waals surface area contributed by atoms with Crippen molar-refractivity contribution in [2.24, 2.45) is 10.9 Å². The smallest absolute Gasteiger partial charge is 0.190 e. The van der Waals surface area contributed by atoms with Crippen molar-refractivity contribution in [3.63, 3.8) is 0 Å². The molecule has 0 aliphatic carbocycles. The first-order valence-electron chi connectivity index (χ1n) is 6.53. The highest BCUT2D eigenvalue weighted by Crippen LogP contribution is 2.10. The molecule has 102 valence electrons. The third kappa shape index (κ3) is 5.49. The van der Waals surface area contributed by atoms with Gasteiger partial charge in [0.25, 0.3) is 0 Å². The summed E-state index contributed by atoms with van der Waals surface area (Å²) in [5.41, 5.74) is 1.17. The van der Waals surface area contributed by atoms with Gasteiger partial charge in [-0.1, -0.05) is 20.8 Å². The van der Waals surface area contributed by atoms with E-state index in [0.29, 0.717) is 5.92 Å². The van der Waals surface area contributed by atoms with Gasteiger partial charge in [0.15, 0.2) is 5.96 Å². The van der Waals surface area contributed by atoms with Crippen LogP contribution in [0.3, 0.4) is 0 Å². The van der Waals surface area contributed by atoms with E-state index < -0.39 is 0 Å². The topological polar surface area (TPSA) is 49.3 Å². The largest absolute Gasteiger partial charge is 0.356 e. The van der Waals surface area contributed by atoms with Crippen molar-refractivity contribution in [2.75, 3.05) is 20.1 Å². The van der Waals surface area contributed by atoms with Crippen LogP contribution in [0, 0.1) is 5.92 Å². The van der Waals surface area contributed by atoms with E-state index in [-0.39, 0.29) is 0 Å². The monoisotopic (exact) mass is 268 g/mol. The quantitative estimate of drug-likeness (QED) is 0.613. The Balaban J connectivity index is 2.27. The van der Waals surface area contributed by atoms with Crippen molar-refractivity contribution < 1.29 is 0 Å². The minimum Gasteiger partial charge on any atom is -0.356 e. The van der Waals surface area contributed by atoms with Crippen LogP contribution in [-0.2, 0) is 12.8 Å². The van der Waals surface area contributed by atoms with E-state index in [1.54, 1.807) is 18.4 Å². The molecule has 0 radical (unpaired) electrons. The third-order valence-corrected chi connectivity index (χ3v) is 3.52. The van der Waals surface area contributed by atoms with Crippen LogP contribution in [-0.4, -0.2) is 31.1 Å². The van der Waals surface area contributed by atoms with Crippen LogP contribution < -0.4 is 10.6 Å². The Morgan fingerprint density at radius 1 is 1.44 bits per heavy atom. The van der Waals surface area contributed by atoms with Gasteiger partial charge < -0.3 is 10.6 Å². The minimum absolute atomic E-state index is 0.620. The average Bonchev–Trinajstić information content (AvgIpc) is 2.81. The summed E-state index contributed by atoms with van der Waals surface area (Å²) in [6.45, 7) is 8.31. The molecule has 0 aliphatic heterocycles. The fourth-order valence-corrected chi connectivity index (χ4v) is 2.24. The molecular weight excluding hydrogens is 244 g/mol. The summed E-state index contributed by atoms with van der Waals surface area (Å²) >= 11 is 1.74. The van der Waals surface area contributed by atoms with Crippen molar-refractivity contribution in [3.05, 3.63) is 16.1 Å². The lowest BCUT2D eigenvalue weighted by Crippen LogP contribution is -2.39.